The highest BCUT2D eigenvalue weighted by molar-refractivity contribution is 5.72. The lowest BCUT2D eigenvalue weighted by Gasteiger charge is -2.34. The van der Waals surface area contributed by atoms with Gasteiger partial charge in [-0.3, -0.25) is 0 Å². The van der Waals surface area contributed by atoms with Gasteiger partial charge in [0.1, 0.15) is 0 Å². The van der Waals surface area contributed by atoms with E-state index >= 15 is 0 Å². The number of benzene rings is 2. The molecule has 2 unspecified atom stereocenters. The number of carbonyl (C=O) groups is 1. The molecule has 24 heavy (non-hydrogen) atoms. The Morgan fingerprint density at radius 1 is 0.917 bits per heavy atom. The van der Waals surface area contributed by atoms with Gasteiger partial charge in [0.25, 0.3) is 0 Å². The second-order valence-corrected chi connectivity index (χ2v) is 6.73. The van der Waals surface area contributed by atoms with Gasteiger partial charge in [-0.15, -0.1) is 0 Å². The van der Waals surface area contributed by atoms with Crippen LogP contribution < -0.4 is 5.73 Å². The van der Waals surface area contributed by atoms with E-state index in [2.05, 4.69) is 48.5 Å². The third-order valence-corrected chi connectivity index (χ3v) is 5.08. The van der Waals surface area contributed by atoms with Gasteiger partial charge in [0.05, 0.1) is 0 Å². The fourth-order valence-corrected chi connectivity index (χ4v) is 3.86. The predicted molar refractivity (Wildman–Crippen MR) is 97.7 cm³/mol. The topological polar surface area (TPSA) is 46.3 Å². The Labute approximate surface area is 144 Å². The number of nitrogens with two attached hydrogens (primary N) is 1. The van der Waals surface area contributed by atoms with Gasteiger partial charge in [0.15, 0.2) is 0 Å². The molecule has 1 saturated heterocycles. The summed E-state index contributed by atoms with van der Waals surface area (Å²) in [5, 5.41) is 0. The highest BCUT2D eigenvalue weighted by atomic mass is 16.2. The van der Waals surface area contributed by atoms with Crippen LogP contribution in [0.1, 0.15) is 30.4 Å². The summed E-state index contributed by atoms with van der Waals surface area (Å²) in [7, 11) is 0. The van der Waals surface area contributed by atoms with Crippen LogP contribution in [-0.4, -0.2) is 23.5 Å². The molecule has 0 spiro atoms. The minimum atomic E-state index is -0.282. The molecule has 3 heteroatoms. The van der Waals surface area contributed by atoms with Crippen LogP contribution in [0.25, 0.3) is 0 Å². The molecule has 126 valence electrons. The normalized spacial score (nSPS) is 21.2. The Morgan fingerprint density at radius 2 is 1.50 bits per heavy atom. The minimum Gasteiger partial charge on any atom is -0.351 e. The molecule has 2 aromatic carbocycles. The van der Waals surface area contributed by atoms with Crippen molar-refractivity contribution >= 4 is 6.03 Å². The van der Waals surface area contributed by atoms with Crippen LogP contribution >= 0.6 is 0 Å². The first-order chi connectivity index (χ1) is 11.7. The van der Waals surface area contributed by atoms with Crippen molar-refractivity contribution in [1.29, 1.82) is 0 Å². The van der Waals surface area contributed by atoms with E-state index in [1.165, 1.54) is 11.1 Å². The standard InChI is InChI=1S/C21H26N2O/c22-21(24)23-14-8-7-13-19(15-17-9-3-1-4-10-17)20(23)16-18-11-5-2-6-12-18/h1-6,9-12,19-20H,7-8,13-16H2,(H2,22,24). The van der Waals surface area contributed by atoms with Crippen molar-refractivity contribution in [2.45, 2.75) is 38.1 Å². The molecule has 0 bridgehead atoms. The zero-order valence-electron chi connectivity index (χ0n) is 14.1. The van der Waals surface area contributed by atoms with Gasteiger partial charge in [-0.2, -0.15) is 0 Å². The molecule has 1 fully saturated rings. The van der Waals surface area contributed by atoms with Crippen molar-refractivity contribution in [2.75, 3.05) is 6.54 Å². The Balaban J connectivity index is 1.85. The SMILES string of the molecule is NC(=O)N1CCCCC(Cc2ccccc2)C1Cc1ccccc1. The fraction of sp³-hybridized carbons (Fsp3) is 0.381. The number of carbonyl (C=O) groups excluding carboxylic acids is 1. The number of rotatable bonds is 4. The van der Waals surface area contributed by atoms with Crippen LogP contribution in [-0.2, 0) is 12.8 Å². The van der Waals surface area contributed by atoms with Crippen LogP contribution in [0.2, 0.25) is 0 Å². The van der Waals surface area contributed by atoms with Gasteiger partial charge in [-0.05, 0) is 42.7 Å². The van der Waals surface area contributed by atoms with Crippen LogP contribution in [0.15, 0.2) is 60.7 Å². The molecule has 0 aromatic heterocycles. The van der Waals surface area contributed by atoms with Crippen molar-refractivity contribution < 1.29 is 4.79 Å². The second-order valence-electron chi connectivity index (χ2n) is 6.73. The predicted octanol–water partition coefficient (Wildman–Crippen LogP) is 4.02. The molecule has 2 aromatic rings. The quantitative estimate of drug-likeness (QED) is 0.908. The zero-order chi connectivity index (χ0) is 16.8. The van der Waals surface area contributed by atoms with Crippen LogP contribution in [0.3, 0.4) is 0 Å². The number of nitrogens with zero attached hydrogens (tertiary/aromatic N) is 1. The Kier molecular flexibility index (Phi) is 5.52. The maximum atomic E-state index is 12.1. The molecule has 1 aliphatic rings. The summed E-state index contributed by atoms with van der Waals surface area (Å²) in [5.74, 6) is 0.447. The summed E-state index contributed by atoms with van der Waals surface area (Å²) < 4.78 is 0. The summed E-state index contributed by atoms with van der Waals surface area (Å²) in [5.41, 5.74) is 8.33. The zero-order valence-corrected chi connectivity index (χ0v) is 14.1. The number of urea groups is 1. The maximum absolute atomic E-state index is 12.1. The van der Waals surface area contributed by atoms with Crippen molar-refractivity contribution in [2.24, 2.45) is 11.7 Å². The van der Waals surface area contributed by atoms with Crippen molar-refractivity contribution in [3.05, 3.63) is 71.8 Å². The van der Waals surface area contributed by atoms with E-state index in [-0.39, 0.29) is 12.1 Å². The Hall–Kier alpha value is -2.29. The number of likely N-dealkylation sites (tertiary alicyclic amines) is 1. The third kappa shape index (κ3) is 4.16. The summed E-state index contributed by atoms with van der Waals surface area (Å²) in [6.45, 7) is 0.776. The lowest BCUT2D eigenvalue weighted by Crippen LogP contribution is -2.48. The van der Waals surface area contributed by atoms with E-state index in [4.69, 9.17) is 5.73 Å². The highest BCUT2D eigenvalue weighted by Crippen LogP contribution is 2.29. The van der Waals surface area contributed by atoms with Gasteiger partial charge in [-0.1, -0.05) is 67.1 Å². The van der Waals surface area contributed by atoms with E-state index in [1.807, 2.05) is 17.0 Å². The molecule has 2 amide bonds. The number of hydrogen-bond donors (Lipinski definition) is 1. The van der Waals surface area contributed by atoms with E-state index in [9.17, 15) is 4.79 Å². The van der Waals surface area contributed by atoms with Crippen LogP contribution in [0, 0.1) is 5.92 Å². The smallest absolute Gasteiger partial charge is 0.315 e. The van der Waals surface area contributed by atoms with Crippen molar-refractivity contribution in [3.63, 3.8) is 0 Å². The summed E-state index contributed by atoms with van der Waals surface area (Å²) in [4.78, 5) is 14.0. The molecule has 1 heterocycles. The van der Waals surface area contributed by atoms with Gasteiger partial charge in [-0.25, -0.2) is 4.79 Å². The summed E-state index contributed by atoms with van der Waals surface area (Å²) >= 11 is 0. The molecular formula is C21H26N2O. The average Bonchev–Trinajstić information content (AvgIpc) is 2.80. The second kappa shape index (κ2) is 8.00. The van der Waals surface area contributed by atoms with Crippen LogP contribution in [0.5, 0.6) is 0 Å². The van der Waals surface area contributed by atoms with E-state index in [0.717, 1.165) is 38.6 Å². The van der Waals surface area contributed by atoms with E-state index < -0.39 is 0 Å². The largest absolute Gasteiger partial charge is 0.351 e. The van der Waals surface area contributed by atoms with Gasteiger partial charge in [0.2, 0.25) is 0 Å². The molecule has 2 N–H and O–H groups in total. The summed E-state index contributed by atoms with van der Waals surface area (Å²) in [6, 6.07) is 20.9. The maximum Gasteiger partial charge on any atom is 0.315 e. The number of amides is 2. The molecule has 0 radical (unpaired) electrons. The third-order valence-electron chi connectivity index (χ3n) is 5.08. The van der Waals surface area contributed by atoms with Gasteiger partial charge in [0, 0.05) is 12.6 Å². The lowest BCUT2D eigenvalue weighted by molar-refractivity contribution is 0.161. The molecule has 1 aliphatic heterocycles. The van der Waals surface area contributed by atoms with Gasteiger partial charge < -0.3 is 10.6 Å². The monoisotopic (exact) mass is 322 g/mol. The van der Waals surface area contributed by atoms with Crippen molar-refractivity contribution in [3.8, 4) is 0 Å². The Morgan fingerprint density at radius 3 is 2.08 bits per heavy atom. The molecule has 3 rings (SSSR count). The summed E-state index contributed by atoms with van der Waals surface area (Å²) in [6.07, 6.45) is 5.23. The van der Waals surface area contributed by atoms with Gasteiger partial charge >= 0.3 is 6.03 Å². The minimum absolute atomic E-state index is 0.174. The first kappa shape index (κ1) is 16.6. The lowest BCUT2D eigenvalue weighted by atomic mass is 9.85. The molecular weight excluding hydrogens is 296 g/mol. The Bertz CT molecular complexity index is 641. The first-order valence-corrected chi connectivity index (χ1v) is 8.88. The van der Waals surface area contributed by atoms with Crippen LogP contribution in [0.4, 0.5) is 4.79 Å². The molecule has 0 aliphatic carbocycles. The number of hydrogen-bond acceptors (Lipinski definition) is 1. The van der Waals surface area contributed by atoms with E-state index in [1.54, 1.807) is 0 Å². The molecule has 2 atom stereocenters. The first-order valence-electron chi connectivity index (χ1n) is 8.88. The molecule has 3 nitrogen and oxygen atoms in total. The van der Waals surface area contributed by atoms with E-state index in [0.29, 0.717) is 5.92 Å². The molecule has 0 saturated carbocycles. The highest BCUT2D eigenvalue weighted by Gasteiger charge is 2.31. The fourth-order valence-electron chi connectivity index (χ4n) is 3.86. The average molecular weight is 322 g/mol. The van der Waals surface area contributed by atoms with Crippen molar-refractivity contribution in [1.82, 2.24) is 4.90 Å². The number of primary amides is 1.